The van der Waals surface area contributed by atoms with Crippen LogP contribution in [-0.2, 0) is 22.6 Å². The number of carbonyl (C=O) groups excluding carboxylic acids is 2. The highest BCUT2D eigenvalue weighted by Gasteiger charge is 2.32. The van der Waals surface area contributed by atoms with Gasteiger partial charge in [0.05, 0.1) is 18.1 Å². The first-order chi connectivity index (χ1) is 12.1. The lowest BCUT2D eigenvalue weighted by molar-refractivity contribution is -0.128. The molecule has 0 spiro atoms. The number of amides is 2. The van der Waals surface area contributed by atoms with E-state index in [1.54, 1.807) is 30.6 Å². The number of fused-ring (bicyclic) bond motifs is 1. The van der Waals surface area contributed by atoms with Crippen molar-refractivity contribution in [1.29, 1.82) is 0 Å². The maximum Gasteiger partial charge on any atom is 0.249 e. The lowest BCUT2D eigenvalue weighted by Gasteiger charge is -2.26. The zero-order valence-corrected chi connectivity index (χ0v) is 16.4. The molecule has 0 bridgehead atoms. The van der Waals surface area contributed by atoms with Gasteiger partial charge in [0.15, 0.2) is 0 Å². The summed E-state index contributed by atoms with van der Waals surface area (Å²) in [4.78, 5) is 32.3. The Bertz CT molecular complexity index is 753. The number of nitrogens with one attached hydrogen (secondary N) is 2. The molecule has 26 heavy (non-hydrogen) atoms. The Labute approximate surface area is 163 Å². The Hall–Kier alpha value is -1.96. The molecule has 1 aliphatic rings. The summed E-state index contributed by atoms with van der Waals surface area (Å²) < 4.78 is 0. The van der Waals surface area contributed by atoms with Gasteiger partial charge in [-0.15, -0.1) is 23.7 Å². The van der Waals surface area contributed by atoms with Crippen molar-refractivity contribution in [2.24, 2.45) is 0 Å². The molecular weight excluding hydrogens is 372 g/mol. The van der Waals surface area contributed by atoms with Crippen molar-refractivity contribution >= 4 is 41.2 Å². The van der Waals surface area contributed by atoms with Gasteiger partial charge in [-0.2, -0.15) is 0 Å². The smallest absolute Gasteiger partial charge is 0.249 e. The van der Waals surface area contributed by atoms with E-state index in [2.05, 4.69) is 15.6 Å². The predicted molar refractivity (Wildman–Crippen MR) is 106 cm³/mol. The number of nitrogens with zero attached hydrogens (tertiary/aromatic N) is 2. The summed E-state index contributed by atoms with van der Waals surface area (Å²) in [5, 5.41) is 5.80. The molecule has 2 heterocycles. The minimum atomic E-state index is -0.524. The van der Waals surface area contributed by atoms with Crippen LogP contribution in [0.5, 0.6) is 0 Å². The summed E-state index contributed by atoms with van der Waals surface area (Å²) in [5.41, 5.74) is 3.80. The topological polar surface area (TPSA) is 74.3 Å². The number of hydrogen-bond acceptors (Lipinski definition) is 5. The molecule has 1 aromatic carbocycles. The van der Waals surface area contributed by atoms with E-state index in [1.807, 2.05) is 24.3 Å². The van der Waals surface area contributed by atoms with Gasteiger partial charge in [0.1, 0.15) is 6.04 Å². The molecule has 0 aliphatic carbocycles. The number of aromatic nitrogens is 1. The van der Waals surface area contributed by atoms with Gasteiger partial charge in [-0.3, -0.25) is 14.6 Å². The minimum Gasteiger partial charge on any atom is -0.343 e. The Morgan fingerprint density at radius 3 is 2.88 bits per heavy atom. The first-order valence-corrected chi connectivity index (χ1v) is 9.22. The second kappa shape index (κ2) is 9.12. The molecule has 0 radical (unpaired) electrons. The fourth-order valence-electron chi connectivity index (χ4n) is 2.92. The molecule has 0 saturated carbocycles. The molecule has 2 atom stereocenters. The molecule has 2 unspecified atom stereocenters. The fraction of sp³-hybridized carbons (Fsp3) is 0.389. The van der Waals surface area contributed by atoms with Crippen molar-refractivity contribution in [3.05, 3.63) is 46.4 Å². The van der Waals surface area contributed by atoms with Crippen molar-refractivity contribution in [1.82, 2.24) is 15.6 Å². The molecule has 2 aromatic rings. The van der Waals surface area contributed by atoms with Gasteiger partial charge in [0.25, 0.3) is 0 Å². The van der Waals surface area contributed by atoms with Gasteiger partial charge in [-0.1, -0.05) is 18.2 Å². The SMILES string of the molecule is CNC(C)C(=O)NC1CCc2ccccc2N(Cc2cncs2)C1=O.Cl. The van der Waals surface area contributed by atoms with E-state index in [0.717, 1.165) is 22.5 Å². The van der Waals surface area contributed by atoms with Crippen LogP contribution in [-0.4, -0.2) is 35.9 Å². The monoisotopic (exact) mass is 394 g/mol. The van der Waals surface area contributed by atoms with Crippen LogP contribution in [0, 0.1) is 0 Å². The van der Waals surface area contributed by atoms with Crippen LogP contribution in [0.25, 0.3) is 0 Å². The average molecular weight is 395 g/mol. The number of halogens is 1. The van der Waals surface area contributed by atoms with E-state index in [4.69, 9.17) is 0 Å². The van der Waals surface area contributed by atoms with Crippen molar-refractivity contribution in [2.45, 2.75) is 38.4 Å². The molecule has 0 fully saturated rings. The number of para-hydroxylation sites is 1. The zero-order valence-electron chi connectivity index (χ0n) is 14.8. The van der Waals surface area contributed by atoms with Crippen LogP contribution in [0.1, 0.15) is 23.8 Å². The van der Waals surface area contributed by atoms with Crippen LogP contribution in [0.15, 0.2) is 36.0 Å². The normalized spacial score (nSPS) is 17.7. The largest absolute Gasteiger partial charge is 0.343 e. The van der Waals surface area contributed by atoms with Crippen molar-refractivity contribution in [2.75, 3.05) is 11.9 Å². The standard InChI is InChI=1S/C18H22N4O2S.ClH/c1-12(19-2)17(23)21-15-8-7-13-5-3-4-6-16(13)22(18(15)24)10-14-9-20-11-25-14;/h3-6,9,11-12,15,19H,7-8,10H2,1-2H3,(H,21,23);1H. The maximum atomic E-state index is 13.2. The summed E-state index contributed by atoms with van der Waals surface area (Å²) >= 11 is 1.52. The lowest BCUT2D eigenvalue weighted by atomic mass is 10.1. The molecule has 6 nitrogen and oxygen atoms in total. The van der Waals surface area contributed by atoms with Crippen molar-refractivity contribution in [3.8, 4) is 0 Å². The fourth-order valence-corrected chi connectivity index (χ4v) is 3.50. The molecule has 140 valence electrons. The maximum absolute atomic E-state index is 13.2. The molecule has 0 saturated heterocycles. The lowest BCUT2D eigenvalue weighted by Crippen LogP contribution is -2.51. The second-order valence-electron chi connectivity index (χ2n) is 6.13. The summed E-state index contributed by atoms with van der Waals surface area (Å²) in [6.45, 7) is 2.24. The number of anilines is 1. The van der Waals surface area contributed by atoms with Gasteiger partial charge < -0.3 is 15.5 Å². The first-order valence-electron chi connectivity index (χ1n) is 8.34. The van der Waals surface area contributed by atoms with E-state index < -0.39 is 6.04 Å². The van der Waals surface area contributed by atoms with Gasteiger partial charge in [-0.25, -0.2) is 0 Å². The molecule has 3 rings (SSSR count). The van der Waals surface area contributed by atoms with Gasteiger partial charge in [0, 0.05) is 16.8 Å². The minimum absolute atomic E-state index is 0. The third kappa shape index (κ3) is 4.41. The van der Waals surface area contributed by atoms with E-state index in [9.17, 15) is 9.59 Å². The number of carbonyl (C=O) groups is 2. The summed E-state index contributed by atoms with van der Waals surface area (Å²) in [5.74, 6) is -0.237. The molecule has 1 aromatic heterocycles. The second-order valence-corrected chi connectivity index (χ2v) is 7.10. The Morgan fingerprint density at radius 2 is 2.19 bits per heavy atom. The number of likely N-dealkylation sites (N-methyl/N-ethyl adjacent to an activating group) is 1. The third-order valence-electron chi connectivity index (χ3n) is 4.49. The molecule has 8 heteroatoms. The van der Waals surface area contributed by atoms with Crippen LogP contribution < -0.4 is 15.5 Å². The number of hydrogen-bond donors (Lipinski definition) is 2. The number of thiazole rings is 1. The van der Waals surface area contributed by atoms with Crippen molar-refractivity contribution in [3.63, 3.8) is 0 Å². The highest BCUT2D eigenvalue weighted by atomic mass is 35.5. The molecule has 2 N–H and O–H groups in total. The van der Waals surface area contributed by atoms with Crippen LogP contribution in [0.2, 0.25) is 0 Å². The van der Waals surface area contributed by atoms with E-state index >= 15 is 0 Å². The van der Waals surface area contributed by atoms with Gasteiger partial charge in [0.2, 0.25) is 11.8 Å². The zero-order chi connectivity index (χ0) is 17.8. The van der Waals surface area contributed by atoms with Gasteiger partial charge >= 0.3 is 0 Å². The highest BCUT2D eigenvalue weighted by molar-refractivity contribution is 7.09. The molecule has 1 aliphatic heterocycles. The quantitative estimate of drug-likeness (QED) is 0.814. The number of benzene rings is 1. The van der Waals surface area contributed by atoms with E-state index in [1.165, 1.54) is 11.3 Å². The summed E-state index contributed by atoms with van der Waals surface area (Å²) in [7, 11) is 1.73. The first kappa shape index (κ1) is 20.4. The Kier molecular flexibility index (Phi) is 7.14. The third-order valence-corrected chi connectivity index (χ3v) is 5.25. The molecule has 2 amide bonds. The highest BCUT2D eigenvalue weighted by Crippen LogP contribution is 2.29. The average Bonchev–Trinajstić information content (AvgIpc) is 3.11. The predicted octanol–water partition coefficient (Wildman–Crippen LogP) is 2.14. The Morgan fingerprint density at radius 1 is 1.42 bits per heavy atom. The van der Waals surface area contributed by atoms with E-state index in [-0.39, 0.29) is 30.3 Å². The van der Waals surface area contributed by atoms with Crippen LogP contribution >= 0.6 is 23.7 Å². The number of aryl methyl sites for hydroxylation is 1. The van der Waals surface area contributed by atoms with E-state index in [0.29, 0.717) is 13.0 Å². The summed E-state index contributed by atoms with van der Waals surface area (Å²) in [6.07, 6.45) is 3.12. The summed E-state index contributed by atoms with van der Waals surface area (Å²) in [6, 6.07) is 7.07. The van der Waals surface area contributed by atoms with Crippen LogP contribution in [0.3, 0.4) is 0 Å². The Balaban J connectivity index is 0.00000243. The number of rotatable bonds is 5. The van der Waals surface area contributed by atoms with Gasteiger partial charge in [-0.05, 0) is 38.4 Å². The van der Waals surface area contributed by atoms with Crippen LogP contribution in [0.4, 0.5) is 5.69 Å². The molecular formula is C18H23ClN4O2S. The van der Waals surface area contributed by atoms with Crippen molar-refractivity contribution < 1.29 is 9.59 Å².